The van der Waals surface area contributed by atoms with E-state index in [4.69, 9.17) is 0 Å². The fourth-order valence-corrected chi connectivity index (χ4v) is 3.38. The lowest BCUT2D eigenvalue weighted by atomic mass is 10.1. The van der Waals surface area contributed by atoms with Crippen molar-refractivity contribution < 1.29 is 14.3 Å². The fourth-order valence-electron chi connectivity index (χ4n) is 2.43. The third-order valence-corrected chi connectivity index (χ3v) is 5.04. The molecule has 0 amide bonds. The highest BCUT2D eigenvalue weighted by atomic mass is 32.1. The molecule has 124 valence electrons. The van der Waals surface area contributed by atoms with E-state index in [9.17, 15) is 9.59 Å². The van der Waals surface area contributed by atoms with Crippen molar-refractivity contribution in [3.63, 3.8) is 0 Å². The second-order valence-corrected chi connectivity index (χ2v) is 6.90. The van der Waals surface area contributed by atoms with Crippen LogP contribution < -0.4 is 0 Å². The van der Waals surface area contributed by atoms with Crippen LogP contribution in [0.4, 0.5) is 0 Å². The molecule has 0 atom stereocenters. The fraction of sp³-hybridized carbons (Fsp3) is 0.667. The average molecular weight is 324 g/mol. The van der Waals surface area contributed by atoms with Crippen molar-refractivity contribution in [2.24, 2.45) is 0 Å². The van der Waals surface area contributed by atoms with Gasteiger partial charge in [0, 0.05) is 11.3 Å². The maximum absolute atomic E-state index is 11.2. The number of aryl methyl sites for hydroxylation is 1. The van der Waals surface area contributed by atoms with Gasteiger partial charge in [0.15, 0.2) is 5.78 Å². The molecule has 0 spiro atoms. The first-order valence-corrected chi connectivity index (χ1v) is 9.11. The number of hydrogen-bond acceptors (Lipinski definition) is 4. The molecule has 0 bridgehead atoms. The Morgan fingerprint density at radius 3 is 2.09 bits per heavy atom. The van der Waals surface area contributed by atoms with Crippen molar-refractivity contribution in [3.05, 3.63) is 21.9 Å². The Labute approximate surface area is 138 Å². The number of Topliss-reactive ketones (excluding diaryl/α,β-unsaturated/α-hetero) is 1. The van der Waals surface area contributed by atoms with Crippen LogP contribution in [0.2, 0.25) is 0 Å². The molecule has 0 fully saturated rings. The van der Waals surface area contributed by atoms with Gasteiger partial charge in [0.05, 0.1) is 12.0 Å². The van der Waals surface area contributed by atoms with Gasteiger partial charge in [0.1, 0.15) is 0 Å². The molecule has 1 rings (SSSR count). The lowest BCUT2D eigenvalue weighted by Gasteiger charge is -2.02. The van der Waals surface area contributed by atoms with E-state index in [1.807, 2.05) is 6.07 Å². The molecular weight excluding hydrogens is 296 g/mol. The number of esters is 1. The Kier molecular flexibility index (Phi) is 9.80. The molecular formula is C18H28O3S. The van der Waals surface area contributed by atoms with Crippen molar-refractivity contribution >= 4 is 23.1 Å². The first-order chi connectivity index (χ1) is 10.6. The molecule has 0 unspecified atom stereocenters. The van der Waals surface area contributed by atoms with Gasteiger partial charge in [0.25, 0.3) is 0 Å². The largest absolute Gasteiger partial charge is 0.469 e. The minimum absolute atomic E-state index is 0.0958. The molecule has 22 heavy (non-hydrogen) atoms. The van der Waals surface area contributed by atoms with E-state index in [-0.39, 0.29) is 11.8 Å². The van der Waals surface area contributed by atoms with Gasteiger partial charge in [-0.15, -0.1) is 11.3 Å². The first-order valence-electron chi connectivity index (χ1n) is 8.30. The Balaban J connectivity index is 1.91. The lowest BCUT2D eigenvalue weighted by Crippen LogP contribution is -1.99. The summed E-state index contributed by atoms with van der Waals surface area (Å²) in [5.74, 6) is 0.0740. The van der Waals surface area contributed by atoms with E-state index < -0.39 is 0 Å². The molecule has 3 nitrogen and oxygen atoms in total. The first kappa shape index (κ1) is 18.9. The third kappa shape index (κ3) is 8.32. The Bertz CT molecular complexity index is 451. The van der Waals surface area contributed by atoms with Gasteiger partial charge in [-0.1, -0.05) is 38.5 Å². The zero-order chi connectivity index (χ0) is 16.2. The van der Waals surface area contributed by atoms with Crippen molar-refractivity contribution in [1.29, 1.82) is 0 Å². The highest BCUT2D eigenvalue weighted by Crippen LogP contribution is 2.20. The quantitative estimate of drug-likeness (QED) is 0.302. The van der Waals surface area contributed by atoms with Crippen molar-refractivity contribution in [1.82, 2.24) is 0 Å². The highest BCUT2D eigenvalue weighted by molar-refractivity contribution is 7.14. The number of ketones is 1. The standard InChI is InChI=1S/C18H28O3S/c1-15(19)17-14-13-16(22-17)11-9-7-5-3-4-6-8-10-12-18(20)21-2/h13-14H,3-12H2,1-2H3. The van der Waals surface area contributed by atoms with Crippen molar-refractivity contribution in [2.45, 2.75) is 71.1 Å². The molecule has 0 aliphatic heterocycles. The number of hydrogen-bond donors (Lipinski definition) is 0. The van der Waals surface area contributed by atoms with Crippen LogP contribution >= 0.6 is 11.3 Å². The van der Waals surface area contributed by atoms with Crippen LogP contribution in [0.1, 0.15) is 79.3 Å². The van der Waals surface area contributed by atoms with Crippen LogP contribution in [0.3, 0.4) is 0 Å². The van der Waals surface area contributed by atoms with E-state index in [1.165, 1.54) is 50.5 Å². The van der Waals surface area contributed by atoms with Crippen LogP contribution in [0, 0.1) is 0 Å². The van der Waals surface area contributed by atoms with E-state index in [0.29, 0.717) is 6.42 Å². The van der Waals surface area contributed by atoms with Gasteiger partial charge in [0.2, 0.25) is 0 Å². The van der Waals surface area contributed by atoms with Crippen LogP contribution in [0.5, 0.6) is 0 Å². The minimum atomic E-state index is -0.0958. The summed E-state index contributed by atoms with van der Waals surface area (Å²) < 4.78 is 4.62. The summed E-state index contributed by atoms with van der Waals surface area (Å²) in [5, 5.41) is 0. The maximum Gasteiger partial charge on any atom is 0.305 e. The van der Waals surface area contributed by atoms with E-state index in [0.717, 1.165) is 24.1 Å². The van der Waals surface area contributed by atoms with E-state index >= 15 is 0 Å². The van der Waals surface area contributed by atoms with Crippen molar-refractivity contribution in [2.75, 3.05) is 7.11 Å². The molecule has 4 heteroatoms. The van der Waals surface area contributed by atoms with Crippen LogP contribution in [0.15, 0.2) is 12.1 Å². The lowest BCUT2D eigenvalue weighted by molar-refractivity contribution is -0.140. The van der Waals surface area contributed by atoms with Crippen LogP contribution in [-0.4, -0.2) is 18.9 Å². The second-order valence-electron chi connectivity index (χ2n) is 5.73. The van der Waals surface area contributed by atoms with Crippen molar-refractivity contribution in [3.8, 4) is 0 Å². The topological polar surface area (TPSA) is 43.4 Å². The molecule has 0 aliphatic rings. The molecule has 1 heterocycles. The molecule has 0 N–H and O–H groups in total. The molecule has 1 aromatic heterocycles. The molecule has 0 saturated heterocycles. The summed E-state index contributed by atoms with van der Waals surface area (Å²) in [6, 6.07) is 4.03. The zero-order valence-corrected chi connectivity index (χ0v) is 14.7. The molecule has 0 aromatic carbocycles. The molecule has 0 aliphatic carbocycles. The van der Waals surface area contributed by atoms with E-state index in [1.54, 1.807) is 18.3 Å². The number of carbonyl (C=O) groups excluding carboxylic acids is 2. The van der Waals surface area contributed by atoms with Gasteiger partial charge >= 0.3 is 5.97 Å². The highest BCUT2D eigenvalue weighted by Gasteiger charge is 2.04. The molecule has 1 aromatic rings. The predicted molar refractivity (Wildman–Crippen MR) is 91.6 cm³/mol. The van der Waals surface area contributed by atoms with Gasteiger partial charge in [-0.2, -0.15) is 0 Å². The smallest absolute Gasteiger partial charge is 0.305 e. The zero-order valence-electron chi connectivity index (χ0n) is 13.9. The number of ether oxygens (including phenoxy) is 1. The van der Waals surface area contributed by atoms with Gasteiger partial charge in [-0.3, -0.25) is 9.59 Å². The monoisotopic (exact) mass is 324 g/mol. The summed E-state index contributed by atoms with van der Waals surface area (Å²) in [7, 11) is 1.44. The summed E-state index contributed by atoms with van der Waals surface area (Å²) in [4.78, 5) is 24.4. The Morgan fingerprint density at radius 2 is 1.55 bits per heavy atom. The Hall–Kier alpha value is -1.16. The maximum atomic E-state index is 11.2. The van der Waals surface area contributed by atoms with Gasteiger partial charge in [-0.25, -0.2) is 0 Å². The number of unbranched alkanes of at least 4 members (excludes halogenated alkanes) is 7. The van der Waals surface area contributed by atoms with Crippen LogP contribution in [-0.2, 0) is 16.0 Å². The number of carbonyl (C=O) groups is 2. The minimum Gasteiger partial charge on any atom is -0.469 e. The summed E-state index contributed by atoms with van der Waals surface area (Å²) >= 11 is 1.64. The van der Waals surface area contributed by atoms with Gasteiger partial charge < -0.3 is 4.74 Å². The average Bonchev–Trinajstić information content (AvgIpc) is 2.98. The summed E-state index contributed by atoms with van der Waals surface area (Å²) in [6.07, 6.45) is 11.2. The predicted octanol–water partition coefficient (Wildman–Crippen LogP) is 5.18. The SMILES string of the molecule is COC(=O)CCCCCCCCCCc1ccc(C(C)=O)s1. The summed E-state index contributed by atoms with van der Waals surface area (Å²) in [5.41, 5.74) is 0. The normalized spacial score (nSPS) is 10.6. The number of thiophene rings is 1. The van der Waals surface area contributed by atoms with Crippen LogP contribution in [0.25, 0.3) is 0 Å². The number of methoxy groups -OCH3 is 1. The van der Waals surface area contributed by atoms with Gasteiger partial charge in [-0.05, 0) is 38.3 Å². The number of rotatable bonds is 12. The molecule has 0 radical (unpaired) electrons. The Morgan fingerprint density at radius 1 is 0.955 bits per heavy atom. The summed E-state index contributed by atoms with van der Waals surface area (Å²) in [6.45, 7) is 1.63. The second kappa shape index (κ2) is 11.4. The third-order valence-electron chi connectivity index (χ3n) is 3.79. The van der Waals surface area contributed by atoms with E-state index in [2.05, 4.69) is 10.8 Å². The molecule has 0 saturated carbocycles.